The third-order valence-electron chi connectivity index (χ3n) is 2.42. The average molecular weight is 310 g/mol. The van der Waals surface area contributed by atoms with Crippen molar-refractivity contribution in [3.8, 4) is 11.3 Å². The van der Waals surface area contributed by atoms with Gasteiger partial charge in [0.1, 0.15) is 5.82 Å². The van der Waals surface area contributed by atoms with E-state index in [4.69, 9.17) is 0 Å². The van der Waals surface area contributed by atoms with Gasteiger partial charge >= 0.3 is 0 Å². The zero-order valence-electron chi connectivity index (χ0n) is 9.95. The number of anilines is 1. The normalized spacial score (nSPS) is 10.4. The van der Waals surface area contributed by atoms with Crippen LogP contribution in [0.15, 0.2) is 34.9 Å². The molecule has 1 aromatic carbocycles. The maximum Gasteiger partial charge on any atom is 0.223 e. The summed E-state index contributed by atoms with van der Waals surface area (Å²) in [5, 5.41) is 3.08. The lowest BCUT2D eigenvalue weighted by molar-refractivity contribution is 0.624. The number of hydrogen-bond acceptors (Lipinski definition) is 3. The summed E-state index contributed by atoms with van der Waals surface area (Å²) in [4.78, 5) is 8.40. The number of rotatable bonds is 4. The molecule has 0 unspecified atom stereocenters. The summed E-state index contributed by atoms with van der Waals surface area (Å²) in [5.74, 6) is 0.214. The molecule has 3 nitrogen and oxygen atoms in total. The fourth-order valence-corrected chi connectivity index (χ4v) is 1.90. The topological polar surface area (TPSA) is 37.8 Å². The number of hydrogen-bond donors (Lipinski definition) is 1. The molecular weight excluding hydrogens is 297 g/mol. The third-order valence-corrected chi connectivity index (χ3v) is 3.03. The van der Waals surface area contributed by atoms with Crippen molar-refractivity contribution in [2.75, 3.05) is 11.9 Å². The Labute approximate surface area is 114 Å². The minimum atomic E-state index is -0.308. The van der Waals surface area contributed by atoms with Gasteiger partial charge < -0.3 is 5.32 Å². The smallest absolute Gasteiger partial charge is 0.223 e. The molecule has 0 spiro atoms. The summed E-state index contributed by atoms with van der Waals surface area (Å²) in [5.41, 5.74) is 1.04. The first-order valence-electron chi connectivity index (χ1n) is 5.73. The molecule has 0 aliphatic carbocycles. The summed E-state index contributed by atoms with van der Waals surface area (Å²) in [6.07, 6.45) is 2.61. The van der Waals surface area contributed by atoms with Crippen molar-refractivity contribution < 1.29 is 4.39 Å². The van der Waals surface area contributed by atoms with Gasteiger partial charge in [-0.1, -0.05) is 13.0 Å². The van der Waals surface area contributed by atoms with Crippen LogP contribution in [0.25, 0.3) is 11.3 Å². The first-order valence-corrected chi connectivity index (χ1v) is 6.53. The Morgan fingerprint density at radius 3 is 2.94 bits per heavy atom. The first-order chi connectivity index (χ1) is 8.72. The van der Waals surface area contributed by atoms with Crippen LogP contribution in [0.2, 0.25) is 0 Å². The monoisotopic (exact) mass is 309 g/mol. The molecule has 5 heteroatoms. The number of halogens is 2. The summed E-state index contributed by atoms with van der Waals surface area (Å²) in [6, 6.07) is 6.84. The second-order valence-corrected chi connectivity index (χ2v) is 4.65. The summed E-state index contributed by atoms with van der Waals surface area (Å²) < 4.78 is 14.4. The Bertz CT molecular complexity index is 546. The van der Waals surface area contributed by atoms with Crippen molar-refractivity contribution in [2.45, 2.75) is 13.3 Å². The fourth-order valence-electron chi connectivity index (χ4n) is 1.53. The molecule has 2 aromatic rings. The highest BCUT2D eigenvalue weighted by atomic mass is 79.9. The maximum atomic E-state index is 13.9. The molecule has 94 valence electrons. The Hall–Kier alpha value is -1.49. The van der Waals surface area contributed by atoms with Gasteiger partial charge in [-0.15, -0.1) is 0 Å². The molecule has 0 radical (unpaired) electrons. The van der Waals surface area contributed by atoms with E-state index >= 15 is 0 Å². The highest BCUT2D eigenvalue weighted by Gasteiger charge is 2.09. The molecule has 0 aliphatic rings. The van der Waals surface area contributed by atoms with Gasteiger partial charge in [0.05, 0.1) is 10.2 Å². The molecule has 1 heterocycles. The zero-order valence-corrected chi connectivity index (χ0v) is 11.5. The van der Waals surface area contributed by atoms with E-state index in [2.05, 4.69) is 38.1 Å². The van der Waals surface area contributed by atoms with Crippen LogP contribution in [0.3, 0.4) is 0 Å². The van der Waals surface area contributed by atoms with E-state index in [-0.39, 0.29) is 5.82 Å². The molecule has 0 aliphatic heterocycles. The second kappa shape index (κ2) is 5.91. The van der Waals surface area contributed by atoms with Crippen LogP contribution in [0, 0.1) is 5.82 Å². The van der Waals surface area contributed by atoms with Crippen LogP contribution in [-0.4, -0.2) is 16.5 Å². The largest absolute Gasteiger partial charge is 0.354 e. The molecule has 0 saturated heterocycles. The number of aromatic nitrogens is 2. The van der Waals surface area contributed by atoms with Crippen molar-refractivity contribution >= 4 is 21.9 Å². The summed E-state index contributed by atoms with van der Waals surface area (Å²) >= 11 is 3.17. The van der Waals surface area contributed by atoms with Gasteiger partial charge in [0, 0.05) is 18.3 Å². The molecule has 1 aromatic heterocycles. The van der Waals surface area contributed by atoms with Gasteiger partial charge in [0.15, 0.2) is 0 Å². The lowest BCUT2D eigenvalue weighted by Gasteiger charge is -2.07. The van der Waals surface area contributed by atoms with Crippen molar-refractivity contribution in [3.63, 3.8) is 0 Å². The second-order valence-electron chi connectivity index (χ2n) is 3.79. The first kappa shape index (κ1) is 13.0. The van der Waals surface area contributed by atoms with E-state index in [0.29, 0.717) is 21.7 Å². The van der Waals surface area contributed by atoms with Crippen LogP contribution >= 0.6 is 15.9 Å². The molecule has 0 saturated carbocycles. The van der Waals surface area contributed by atoms with Crippen molar-refractivity contribution in [2.24, 2.45) is 0 Å². The summed E-state index contributed by atoms with van der Waals surface area (Å²) in [6.45, 7) is 2.86. The van der Waals surface area contributed by atoms with Crippen molar-refractivity contribution in [3.05, 3.63) is 40.8 Å². The minimum absolute atomic E-state index is 0.308. The Balaban J connectivity index is 2.35. The van der Waals surface area contributed by atoms with E-state index < -0.39 is 0 Å². The highest BCUT2D eigenvalue weighted by molar-refractivity contribution is 9.10. The van der Waals surface area contributed by atoms with E-state index in [0.717, 1.165) is 13.0 Å². The Morgan fingerprint density at radius 1 is 1.33 bits per heavy atom. The Kier molecular flexibility index (Phi) is 4.25. The quantitative estimate of drug-likeness (QED) is 0.931. The van der Waals surface area contributed by atoms with E-state index in [9.17, 15) is 4.39 Å². The van der Waals surface area contributed by atoms with Crippen LogP contribution in [0.1, 0.15) is 13.3 Å². The zero-order chi connectivity index (χ0) is 13.0. The van der Waals surface area contributed by atoms with E-state index in [1.807, 2.05) is 0 Å². The van der Waals surface area contributed by atoms with E-state index in [1.165, 1.54) is 0 Å². The molecular formula is C13H13BrFN3. The highest BCUT2D eigenvalue weighted by Crippen LogP contribution is 2.26. The van der Waals surface area contributed by atoms with Crippen LogP contribution < -0.4 is 5.32 Å². The number of nitrogens with one attached hydrogen (secondary N) is 1. The molecule has 18 heavy (non-hydrogen) atoms. The van der Waals surface area contributed by atoms with Crippen LogP contribution in [-0.2, 0) is 0 Å². The summed E-state index contributed by atoms with van der Waals surface area (Å²) in [7, 11) is 0. The van der Waals surface area contributed by atoms with Crippen LogP contribution in [0.4, 0.5) is 10.3 Å². The minimum Gasteiger partial charge on any atom is -0.354 e. The van der Waals surface area contributed by atoms with Gasteiger partial charge in [-0.25, -0.2) is 14.4 Å². The van der Waals surface area contributed by atoms with Gasteiger partial charge in [0.25, 0.3) is 0 Å². The molecule has 0 amide bonds. The SMILES string of the molecule is CCCNc1nccc(-c2cccc(Br)c2F)n1. The fraction of sp³-hybridized carbons (Fsp3) is 0.231. The molecule has 0 bridgehead atoms. The molecule has 0 fully saturated rings. The lowest BCUT2D eigenvalue weighted by atomic mass is 10.1. The predicted molar refractivity (Wildman–Crippen MR) is 73.9 cm³/mol. The average Bonchev–Trinajstić information content (AvgIpc) is 2.40. The van der Waals surface area contributed by atoms with Gasteiger partial charge in [0.2, 0.25) is 5.95 Å². The molecule has 1 N–H and O–H groups in total. The molecule has 2 rings (SSSR count). The predicted octanol–water partition coefficient (Wildman–Crippen LogP) is 3.87. The number of nitrogens with zero attached hydrogens (tertiary/aromatic N) is 2. The third kappa shape index (κ3) is 2.85. The lowest BCUT2D eigenvalue weighted by Crippen LogP contribution is -2.04. The van der Waals surface area contributed by atoms with Crippen LogP contribution in [0.5, 0.6) is 0 Å². The number of benzene rings is 1. The maximum absolute atomic E-state index is 13.9. The standard InChI is InChI=1S/C13H13BrFN3/c1-2-7-16-13-17-8-6-11(18-13)9-4-3-5-10(14)12(9)15/h3-6,8H,2,7H2,1H3,(H,16,17,18). The Morgan fingerprint density at radius 2 is 2.17 bits per heavy atom. The van der Waals surface area contributed by atoms with Gasteiger partial charge in [-0.2, -0.15) is 0 Å². The van der Waals surface area contributed by atoms with Gasteiger partial charge in [-0.05, 0) is 40.5 Å². The van der Waals surface area contributed by atoms with Gasteiger partial charge in [-0.3, -0.25) is 0 Å². The van der Waals surface area contributed by atoms with Crippen molar-refractivity contribution in [1.82, 2.24) is 9.97 Å². The van der Waals surface area contributed by atoms with Crippen molar-refractivity contribution in [1.29, 1.82) is 0 Å². The van der Waals surface area contributed by atoms with E-state index in [1.54, 1.807) is 30.5 Å². The molecule has 0 atom stereocenters.